The molecule has 1 aliphatic rings. The Morgan fingerprint density at radius 2 is 2.05 bits per heavy atom. The second-order valence-electron chi connectivity index (χ2n) is 5.82. The van der Waals surface area contributed by atoms with E-state index in [4.69, 9.17) is 5.73 Å². The first-order valence-electron chi connectivity index (χ1n) is 7.21. The van der Waals surface area contributed by atoms with Crippen LogP contribution in [-0.4, -0.2) is 12.5 Å². The average Bonchev–Trinajstić information content (AvgIpc) is 2.85. The maximum Gasteiger partial charge on any atom is 0.251 e. The Bertz CT molecular complexity index is 462. The first-order valence-corrected chi connectivity index (χ1v) is 7.21. The third-order valence-electron chi connectivity index (χ3n) is 4.53. The summed E-state index contributed by atoms with van der Waals surface area (Å²) in [6, 6.07) is 5.44. The number of hydrogen-bond acceptors (Lipinski definition) is 2. The van der Waals surface area contributed by atoms with Gasteiger partial charge in [-0.2, -0.15) is 0 Å². The van der Waals surface area contributed by atoms with Crippen LogP contribution in [0.1, 0.15) is 54.9 Å². The second kappa shape index (κ2) is 5.64. The van der Waals surface area contributed by atoms with Gasteiger partial charge in [0.25, 0.3) is 5.91 Å². The van der Waals surface area contributed by atoms with Gasteiger partial charge >= 0.3 is 0 Å². The number of carbonyl (C=O) groups is 1. The summed E-state index contributed by atoms with van der Waals surface area (Å²) >= 11 is 0. The van der Waals surface area contributed by atoms with Gasteiger partial charge in [-0.15, -0.1) is 0 Å². The molecule has 0 spiro atoms. The molecule has 0 heterocycles. The van der Waals surface area contributed by atoms with Gasteiger partial charge in [0.15, 0.2) is 0 Å². The summed E-state index contributed by atoms with van der Waals surface area (Å²) in [5, 5.41) is 3.11. The van der Waals surface area contributed by atoms with Crippen molar-refractivity contribution in [3.8, 4) is 0 Å². The maximum atomic E-state index is 12.2. The fourth-order valence-corrected chi connectivity index (χ4v) is 3.08. The van der Waals surface area contributed by atoms with Crippen LogP contribution in [0.4, 0.5) is 5.69 Å². The second-order valence-corrected chi connectivity index (χ2v) is 5.82. The Balaban J connectivity index is 2.01. The first-order chi connectivity index (χ1) is 9.06. The van der Waals surface area contributed by atoms with Crippen molar-refractivity contribution in [1.82, 2.24) is 5.32 Å². The van der Waals surface area contributed by atoms with Gasteiger partial charge in [-0.3, -0.25) is 4.79 Å². The Hall–Kier alpha value is -1.51. The fraction of sp³-hybridized carbons (Fsp3) is 0.562. The van der Waals surface area contributed by atoms with Crippen LogP contribution < -0.4 is 11.1 Å². The van der Waals surface area contributed by atoms with Gasteiger partial charge in [0, 0.05) is 17.8 Å². The van der Waals surface area contributed by atoms with Gasteiger partial charge in [0.05, 0.1) is 0 Å². The summed E-state index contributed by atoms with van der Waals surface area (Å²) in [4.78, 5) is 12.2. The molecule has 3 nitrogen and oxygen atoms in total. The lowest BCUT2D eigenvalue weighted by Crippen LogP contribution is -2.35. The van der Waals surface area contributed by atoms with E-state index in [0.717, 1.165) is 24.1 Å². The topological polar surface area (TPSA) is 55.1 Å². The number of nitrogen functional groups attached to an aromatic ring is 1. The van der Waals surface area contributed by atoms with E-state index in [1.54, 1.807) is 6.07 Å². The number of aryl methyl sites for hydroxylation is 1. The van der Waals surface area contributed by atoms with E-state index in [1.807, 2.05) is 19.1 Å². The van der Waals surface area contributed by atoms with E-state index in [-0.39, 0.29) is 5.91 Å². The molecule has 104 valence electrons. The minimum Gasteiger partial charge on any atom is -0.399 e. The Morgan fingerprint density at radius 3 is 2.63 bits per heavy atom. The quantitative estimate of drug-likeness (QED) is 0.816. The highest BCUT2D eigenvalue weighted by atomic mass is 16.1. The van der Waals surface area contributed by atoms with Crippen LogP contribution in [-0.2, 0) is 0 Å². The fourth-order valence-electron chi connectivity index (χ4n) is 3.08. The Kier molecular flexibility index (Phi) is 4.13. The molecular formula is C16H24N2O. The summed E-state index contributed by atoms with van der Waals surface area (Å²) in [7, 11) is 0. The van der Waals surface area contributed by atoms with Crippen molar-refractivity contribution in [2.45, 2.75) is 46.0 Å². The molecular weight excluding hydrogens is 236 g/mol. The molecule has 0 aromatic heterocycles. The summed E-state index contributed by atoms with van der Waals surface area (Å²) in [6.45, 7) is 4.95. The molecule has 0 bridgehead atoms. The van der Waals surface area contributed by atoms with Crippen molar-refractivity contribution >= 4 is 11.6 Å². The monoisotopic (exact) mass is 260 g/mol. The zero-order valence-corrected chi connectivity index (χ0v) is 12.0. The maximum absolute atomic E-state index is 12.2. The molecule has 3 N–H and O–H groups in total. The molecule has 2 rings (SSSR count). The van der Waals surface area contributed by atoms with Crippen molar-refractivity contribution < 1.29 is 4.79 Å². The first kappa shape index (κ1) is 13.9. The molecule has 0 atom stereocenters. The van der Waals surface area contributed by atoms with Crippen LogP contribution in [0.5, 0.6) is 0 Å². The Labute approximate surface area is 115 Å². The number of anilines is 1. The van der Waals surface area contributed by atoms with Crippen molar-refractivity contribution in [1.29, 1.82) is 0 Å². The van der Waals surface area contributed by atoms with Crippen LogP contribution in [0.3, 0.4) is 0 Å². The van der Waals surface area contributed by atoms with E-state index in [1.165, 1.54) is 25.7 Å². The van der Waals surface area contributed by atoms with E-state index >= 15 is 0 Å². The number of rotatable bonds is 4. The lowest BCUT2D eigenvalue weighted by Gasteiger charge is -2.27. The van der Waals surface area contributed by atoms with Gasteiger partial charge < -0.3 is 11.1 Å². The number of nitrogens with one attached hydrogen (secondary N) is 1. The van der Waals surface area contributed by atoms with Gasteiger partial charge in [-0.1, -0.05) is 19.8 Å². The summed E-state index contributed by atoms with van der Waals surface area (Å²) in [5.74, 6) is 0.0252. The number of nitrogens with two attached hydrogens (primary N) is 1. The molecule has 1 fully saturated rings. The highest BCUT2D eigenvalue weighted by Gasteiger charge is 2.32. The van der Waals surface area contributed by atoms with E-state index < -0.39 is 0 Å². The lowest BCUT2D eigenvalue weighted by atomic mass is 9.83. The molecule has 1 aromatic rings. The predicted molar refractivity (Wildman–Crippen MR) is 79.1 cm³/mol. The largest absolute Gasteiger partial charge is 0.399 e. The predicted octanol–water partition coefficient (Wildman–Crippen LogP) is 3.28. The van der Waals surface area contributed by atoms with Crippen molar-refractivity contribution in [3.05, 3.63) is 29.3 Å². The highest BCUT2D eigenvalue weighted by molar-refractivity contribution is 5.96. The molecule has 19 heavy (non-hydrogen) atoms. The van der Waals surface area contributed by atoms with Gasteiger partial charge in [0.2, 0.25) is 0 Å². The van der Waals surface area contributed by atoms with Gasteiger partial charge in [-0.25, -0.2) is 0 Å². The number of carbonyl (C=O) groups excluding carboxylic acids is 1. The van der Waals surface area contributed by atoms with Gasteiger partial charge in [-0.05, 0) is 55.4 Å². The third-order valence-corrected chi connectivity index (χ3v) is 4.53. The van der Waals surface area contributed by atoms with Gasteiger partial charge in [0.1, 0.15) is 0 Å². The molecule has 1 aromatic carbocycles. The molecule has 1 aliphatic carbocycles. The molecule has 0 saturated heterocycles. The lowest BCUT2D eigenvalue weighted by molar-refractivity contribution is 0.0928. The molecule has 3 heteroatoms. The molecule has 0 radical (unpaired) electrons. The minimum atomic E-state index is 0.0252. The van der Waals surface area contributed by atoms with Crippen LogP contribution >= 0.6 is 0 Å². The van der Waals surface area contributed by atoms with Crippen LogP contribution in [0.2, 0.25) is 0 Å². The zero-order chi connectivity index (χ0) is 13.9. The number of amides is 1. The van der Waals surface area contributed by atoms with Crippen molar-refractivity contribution in [3.63, 3.8) is 0 Å². The molecule has 1 saturated carbocycles. The van der Waals surface area contributed by atoms with Crippen LogP contribution in [0.25, 0.3) is 0 Å². The van der Waals surface area contributed by atoms with Crippen LogP contribution in [0.15, 0.2) is 18.2 Å². The molecule has 1 amide bonds. The summed E-state index contributed by atoms with van der Waals surface area (Å²) in [5.41, 5.74) is 8.42. The zero-order valence-electron chi connectivity index (χ0n) is 12.0. The van der Waals surface area contributed by atoms with Crippen molar-refractivity contribution in [2.75, 3.05) is 12.3 Å². The van der Waals surface area contributed by atoms with E-state index in [2.05, 4.69) is 12.2 Å². The number of hydrogen-bond donors (Lipinski definition) is 2. The standard InChI is InChI=1S/C16H24N2O/c1-3-16(8-4-5-9-16)11-18-15(19)14-7-6-13(17)10-12(14)2/h6-7,10H,3-5,8-9,11,17H2,1-2H3,(H,18,19). The minimum absolute atomic E-state index is 0.0252. The third kappa shape index (κ3) is 3.09. The van der Waals surface area contributed by atoms with Crippen molar-refractivity contribution in [2.24, 2.45) is 5.41 Å². The average molecular weight is 260 g/mol. The van der Waals surface area contributed by atoms with E-state index in [9.17, 15) is 4.79 Å². The SMILES string of the molecule is CCC1(CNC(=O)c2ccc(N)cc2C)CCCC1. The summed E-state index contributed by atoms with van der Waals surface area (Å²) < 4.78 is 0. The van der Waals surface area contributed by atoms with Crippen LogP contribution in [0, 0.1) is 12.3 Å². The molecule has 0 aliphatic heterocycles. The highest BCUT2D eigenvalue weighted by Crippen LogP contribution is 2.40. The smallest absolute Gasteiger partial charge is 0.251 e. The summed E-state index contributed by atoms with van der Waals surface area (Å²) in [6.07, 6.45) is 6.22. The normalized spacial score (nSPS) is 17.4. The number of benzene rings is 1. The van der Waals surface area contributed by atoms with E-state index in [0.29, 0.717) is 11.1 Å². The Morgan fingerprint density at radius 1 is 1.37 bits per heavy atom. The molecule has 0 unspecified atom stereocenters.